The zero-order valence-electron chi connectivity index (χ0n) is 79.3. The van der Waals surface area contributed by atoms with Crippen LogP contribution in [0.1, 0.15) is 118 Å². The van der Waals surface area contributed by atoms with E-state index in [4.69, 9.17) is 80.3 Å². The number of carbonyl (C=O) groups excluding carboxylic acids is 13. The number of rotatable bonds is 48. The Hall–Kier alpha value is -4.45. The number of halogens is 1. The molecule has 6 rings (SSSR count). The third kappa shape index (κ3) is 37.4. The van der Waals surface area contributed by atoms with E-state index >= 15 is 0 Å². The predicted molar refractivity (Wildman–Crippen MR) is 556 cm³/mol. The molecule has 2 aliphatic heterocycles. The van der Waals surface area contributed by atoms with Crippen LogP contribution in [0.2, 0.25) is 0 Å². The van der Waals surface area contributed by atoms with Gasteiger partial charge in [0.05, 0.1) is 79.3 Å². The largest absolute Gasteiger partial charge is 0.508 e. The summed E-state index contributed by atoms with van der Waals surface area (Å²) < 4.78 is 73.3. The zero-order valence-corrected chi connectivity index (χ0v) is 95.1. The molecule has 39 nitrogen and oxygen atoms in total. The molecular formula is C85H129ClO39P12S3. The summed E-state index contributed by atoms with van der Waals surface area (Å²) in [7, 11) is 19.1. The Morgan fingerprint density at radius 3 is 0.800 bits per heavy atom. The third-order valence-corrected chi connectivity index (χ3v) is 90.4. The number of alkyl halides is 1. The molecule has 140 heavy (non-hydrogen) atoms. The van der Waals surface area contributed by atoms with E-state index in [0.717, 1.165) is 11.1 Å². The first-order chi connectivity index (χ1) is 64.4. The molecule has 4 aromatic carbocycles. The van der Waals surface area contributed by atoms with Crippen LogP contribution in [0, 0.1) is 54.1 Å². The lowest BCUT2D eigenvalue weighted by Crippen LogP contribution is -2.46. The summed E-state index contributed by atoms with van der Waals surface area (Å²) in [6.45, 7) is 2.13. The van der Waals surface area contributed by atoms with Gasteiger partial charge in [0.2, 0.25) is 0 Å². The third-order valence-electron chi connectivity index (χ3n) is 21.8. The Morgan fingerprint density at radius 1 is 0.379 bits per heavy atom. The van der Waals surface area contributed by atoms with Crippen LogP contribution < -0.4 is 14.2 Å². The van der Waals surface area contributed by atoms with Crippen molar-refractivity contribution in [3.8, 4) is 17.2 Å². The summed E-state index contributed by atoms with van der Waals surface area (Å²) in [5, 5.41) is 118. The minimum atomic E-state index is -2.03. The lowest BCUT2D eigenvalue weighted by atomic mass is 9.71. The van der Waals surface area contributed by atoms with Crippen LogP contribution in [0.15, 0.2) is 97.1 Å². The number of aliphatic hydroxyl groups is 12. The van der Waals surface area contributed by atoms with E-state index in [1.54, 1.807) is 13.8 Å². The number of ether oxygens (including phenoxy) is 14. The van der Waals surface area contributed by atoms with E-state index in [1.807, 2.05) is 24.3 Å². The van der Waals surface area contributed by atoms with Crippen molar-refractivity contribution in [3.05, 3.63) is 125 Å². The second kappa shape index (κ2) is 60.9. The van der Waals surface area contributed by atoms with Crippen LogP contribution in [-0.4, -0.2) is 283 Å². The maximum Gasteiger partial charge on any atom is 0.508 e. The number of esters is 12. The molecule has 2 heterocycles. The summed E-state index contributed by atoms with van der Waals surface area (Å²) >= 11 is 11.0. The van der Waals surface area contributed by atoms with E-state index in [1.165, 1.54) is 156 Å². The smallest absolute Gasteiger partial charge is 0.464 e. The first kappa shape index (κ1) is 134. The zero-order chi connectivity index (χ0) is 105. The monoisotopic (exact) mass is 2280 g/mol. The minimum absolute atomic E-state index is 0. The van der Waals surface area contributed by atoms with E-state index in [9.17, 15) is 124 Å². The topological polar surface area (TPSA) is 594 Å². The molecule has 0 saturated carbocycles. The fraction of sp³-hybridized carbons (Fsp3) is 0.565. The summed E-state index contributed by atoms with van der Waals surface area (Å²) in [4.78, 5) is 165. The highest BCUT2D eigenvalue weighted by Crippen LogP contribution is 3.16. The van der Waals surface area contributed by atoms with Gasteiger partial charge in [0.15, 0.2) is 12.2 Å². The van der Waals surface area contributed by atoms with Gasteiger partial charge in [-0.3, -0.25) is 47.9 Å². The molecule has 2 fully saturated rings. The molecule has 0 amide bonds. The number of aliphatic hydroxyl groups excluding tert-OH is 12. The highest BCUT2D eigenvalue weighted by atomic mass is 35.5. The lowest BCUT2D eigenvalue weighted by Gasteiger charge is -2.33. The molecule has 788 valence electrons. The van der Waals surface area contributed by atoms with Crippen molar-refractivity contribution in [2.24, 2.45) is 54.1 Å². The normalized spacial score (nSPS) is 14.9. The average Bonchev–Trinajstić information content (AvgIpc) is 0.755. The summed E-state index contributed by atoms with van der Waals surface area (Å²) in [6.07, 6.45) is -2.25. The molecule has 55 heteroatoms. The summed E-state index contributed by atoms with van der Waals surface area (Å²) in [5.41, 5.74) is -16.2. The van der Waals surface area contributed by atoms with Gasteiger partial charge in [-0.05, 0) is 182 Å². The quantitative estimate of drug-likeness (QED) is 0.00490. The van der Waals surface area contributed by atoms with Gasteiger partial charge in [0.25, 0.3) is 0 Å². The van der Waals surface area contributed by atoms with E-state index in [-0.39, 0.29) is 99.0 Å². The van der Waals surface area contributed by atoms with Crippen molar-refractivity contribution in [2.45, 2.75) is 120 Å². The number of cyclic esters (lactones) is 4. The number of carbonyl (C=O) groups is 13. The van der Waals surface area contributed by atoms with Crippen molar-refractivity contribution in [3.63, 3.8) is 0 Å². The second-order valence-electron chi connectivity index (χ2n) is 35.1. The van der Waals surface area contributed by atoms with Crippen LogP contribution >= 0.6 is 134 Å². The molecule has 9 atom stereocenters. The van der Waals surface area contributed by atoms with E-state index in [2.05, 4.69) is 63.0 Å². The van der Waals surface area contributed by atoms with Crippen molar-refractivity contribution in [2.75, 3.05) is 132 Å². The van der Waals surface area contributed by atoms with Crippen LogP contribution in [-0.2, 0) is 139 Å². The molecular weight excluding hydrogens is 2150 g/mol. The SMILES string of the molecule is CC(CO)(CO)C(=O)OCC(C)(COC(=O)C(C)(CO)CO)C(=O)Oc1ccc(C(C)(c2ccc(OC(=O)C(C)(COC(=O)C(C)(CO)CO)COC(=O)C(C)(CO)CO)cc2)c2ccc(OC(=O)C(C)(COC(=O)C(C)(CO)CO)COC(=O)C(C)(CO)CO)cc2)cc1.CC1(C(=O)OCc2ccc(CCl)cc2)COC(=O)OC1.C[C@@H]1OC(=O)[C@@H](C)OC1=O.PP(P)P(P=S)P(P(P)P)P(P)P.S.S. The van der Waals surface area contributed by atoms with Gasteiger partial charge in [-0.15, -0.1) is 65.2 Å². The Morgan fingerprint density at radius 2 is 0.607 bits per heavy atom. The minimum Gasteiger partial charge on any atom is -0.464 e. The Kier molecular flexibility index (Phi) is 58.1. The van der Waals surface area contributed by atoms with Gasteiger partial charge in [-0.25, -0.2) is 14.4 Å². The van der Waals surface area contributed by atoms with Gasteiger partial charge >= 0.3 is 77.8 Å². The number of hydrogen-bond donors (Lipinski definition) is 12. The Bertz CT molecular complexity index is 4260. The number of hydrogen-bond acceptors (Lipinski definition) is 40. The van der Waals surface area contributed by atoms with Crippen LogP contribution in [0.5, 0.6) is 17.2 Å². The predicted octanol–water partition coefficient (Wildman–Crippen LogP) is 8.83. The number of benzene rings is 4. The first-order valence-corrected chi connectivity index (χ1v) is 63.9. The maximum atomic E-state index is 14.2. The van der Waals surface area contributed by atoms with Crippen LogP contribution in [0.25, 0.3) is 0 Å². The molecule has 12 N–H and O–H groups in total. The van der Waals surface area contributed by atoms with Crippen molar-refractivity contribution in [1.29, 1.82) is 0 Å². The molecule has 0 radical (unpaired) electrons. The van der Waals surface area contributed by atoms with Crippen molar-refractivity contribution < 1.29 is 190 Å². The molecule has 7 unspecified atom stereocenters. The van der Waals surface area contributed by atoms with Crippen LogP contribution in [0.4, 0.5) is 4.79 Å². The molecule has 0 spiro atoms. The fourth-order valence-corrected chi connectivity index (χ4v) is 125. The van der Waals surface area contributed by atoms with Gasteiger partial charge in [0.1, 0.15) is 131 Å². The molecule has 4 aromatic rings. The lowest BCUT2D eigenvalue weighted by molar-refractivity contribution is -0.191. The maximum absolute atomic E-state index is 14.2. The van der Waals surface area contributed by atoms with Gasteiger partial charge in [-0.2, -0.15) is 27.0 Å². The van der Waals surface area contributed by atoms with E-state index in [0.29, 0.717) is 22.6 Å². The summed E-state index contributed by atoms with van der Waals surface area (Å²) in [6, 6.07) is 24.8. The Labute approximate surface area is 856 Å². The first-order valence-electron chi connectivity index (χ1n) is 41.5. The van der Waals surface area contributed by atoms with Crippen LogP contribution in [0.3, 0.4) is 0 Å². The van der Waals surface area contributed by atoms with Gasteiger partial charge < -0.3 is 128 Å². The average molecular weight is 2280 g/mol. The molecule has 0 aromatic heterocycles. The highest BCUT2D eigenvalue weighted by Gasteiger charge is 2.50. The van der Waals surface area contributed by atoms with Crippen molar-refractivity contribution in [1.82, 2.24) is 0 Å². The highest BCUT2D eigenvalue weighted by molar-refractivity contribution is 9.23. The van der Waals surface area contributed by atoms with Gasteiger partial charge in [0, 0.05) is 25.3 Å². The summed E-state index contributed by atoms with van der Waals surface area (Å²) in [5.74, 6) is -11.6. The molecule has 0 bridgehead atoms. The van der Waals surface area contributed by atoms with Crippen molar-refractivity contribution >= 4 is 224 Å². The Balaban J connectivity index is 0.00000175. The molecule has 2 aliphatic rings. The molecule has 0 aliphatic carbocycles. The molecule has 2 saturated heterocycles. The fourth-order valence-electron chi connectivity index (χ4n) is 10.5. The van der Waals surface area contributed by atoms with Gasteiger partial charge in [-0.1, -0.05) is 72.5 Å². The van der Waals surface area contributed by atoms with E-state index < -0.39 is 268 Å². The second-order valence-corrected chi connectivity index (χ2v) is 81.1. The standard InChI is InChI=1S/C65H90O30.C14H15ClO5.C6H8O4.H12P12S.2H2S/c1-56(23-66,24-67)47(78)87-35-62(7,36-88-48(79)57(2,25-68)26-69)53(84)93-44-17-11-41(12-18-44)65(10,42-13-19-45(20-14-42)94-54(85)63(8,37-89-49(80)58(3,27-70)28-71)38-90-50(81)59(4,29-72)30-73)43-15-21-46(22-16-43)95-55(86)64(9,39-91-51(82)60(5,31-74)32-75)40-92-52(83)61(6,33-76)34-77;1-14(8-19-13(17)20-9-14)12(16)18-7-11-4-2-10(6-15)3-5-11;1-3-5(7)10-4(2)6(8)9-3;1-8(2)11(7-13)12(9(3)4)10(5)6;;/h11-22,66-77H,23-40H2,1-10H3;2-5H,6-9H2,1H3;3-4H,1-2H3;1-6H2;2*1H2/t;;3-,4+;;;.